The Morgan fingerprint density at radius 3 is 2.30 bits per heavy atom. The molecule has 0 aromatic heterocycles. The molecule has 0 saturated carbocycles. The lowest BCUT2D eigenvalue weighted by Crippen LogP contribution is -2.38. The Kier molecular flexibility index (Phi) is 9.41. The number of rotatable bonds is 10. The van der Waals surface area contributed by atoms with Crippen molar-refractivity contribution in [2.75, 3.05) is 19.6 Å². The van der Waals surface area contributed by atoms with Gasteiger partial charge >= 0.3 is 5.97 Å². The molecule has 0 heterocycles. The lowest BCUT2D eigenvalue weighted by atomic mass is 10.1. The standard InChI is InChI=1S/C14H26N2O4/c1-11(2)9-16(10-14(19)20)13(18)7-5-4-6-8-15-12(3)17/h11H,4-10H2,1-3H3,(H,15,17)(H,19,20). The van der Waals surface area contributed by atoms with Crippen LogP contribution in [0.4, 0.5) is 0 Å². The van der Waals surface area contributed by atoms with E-state index >= 15 is 0 Å². The zero-order chi connectivity index (χ0) is 15.5. The summed E-state index contributed by atoms with van der Waals surface area (Å²) in [5, 5.41) is 11.5. The number of amides is 2. The van der Waals surface area contributed by atoms with Crippen molar-refractivity contribution in [1.29, 1.82) is 0 Å². The van der Waals surface area contributed by atoms with Crippen LogP contribution in [0.5, 0.6) is 0 Å². The van der Waals surface area contributed by atoms with Crippen LogP contribution in [0.2, 0.25) is 0 Å². The molecule has 0 radical (unpaired) electrons. The maximum Gasteiger partial charge on any atom is 0.323 e. The summed E-state index contributed by atoms with van der Waals surface area (Å²) in [6.07, 6.45) is 2.75. The van der Waals surface area contributed by atoms with Crippen LogP contribution in [-0.2, 0) is 14.4 Å². The second-order valence-electron chi connectivity index (χ2n) is 5.36. The molecule has 6 nitrogen and oxygen atoms in total. The van der Waals surface area contributed by atoms with Gasteiger partial charge < -0.3 is 15.3 Å². The normalized spacial score (nSPS) is 10.4. The Hall–Kier alpha value is -1.59. The van der Waals surface area contributed by atoms with Gasteiger partial charge in [0.15, 0.2) is 0 Å². The maximum atomic E-state index is 11.9. The predicted molar refractivity (Wildman–Crippen MR) is 76.2 cm³/mol. The predicted octanol–water partition coefficient (Wildman–Crippen LogP) is 1.25. The van der Waals surface area contributed by atoms with E-state index < -0.39 is 5.97 Å². The average Bonchev–Trinajstić information content (AvgIpc) is 2.30. The first kappa shape index (κ1) is 18.4. The van der Waals surface area contributed by atoms with E-state index in [4.69, 9.17) is 5.11 Å². The summed E-state index contributed by atoms with van der Waals surface area (Å²) >= 11 is 0. The fraction of sp³-hybridized carbons (Fsp3) is 0.786. The van der Waals surface area contributed by atoms with Gasteiger partial charge in [-0.2, -0.15) is 0 Å². The molecule has 20 heavy (non-hydrogen) atoms. The highest BCUT2D eigenvalue weighted by molar-refractivity contribution is 5.81. The fourth-order valence-corrected chi connectivity index (χ4v) is 1.86. The van der Waals surface area contributed by atoms with Gasteiger partial charge in [0.2, 0.25) is 11.8 Å². The van der Waals surface area contributed by atoms with Crippen molar-refractivity contribution in [2.24, 2.45) is 5.92 Å². The summed E-state index contributed by atoms with van der Waals surface area (Å²) in [7, 11) is 0. The lowest BCUT2D eigenvalue weighted by Gasteiger charge is -2.22. The minimum absolute atomic E-state index is 0.0503. The van der Waals surface area contributed by atoms with Crippen molar-refractivity contribution in [3.63, 3.8) is 0 Å². The Morgan fingerprint density at radius 2 is 1.80 bits per heavy atom. The SMILES string of the molecule is CC(=O)NCCCCCC(=O)N(CC(=O)O)CC(C)C. The number of unbranched alkanes of at least 4 members (excludes halogenated alkanes) is 2. The van der Waals surface area contributed by atoms with Crippen molar-refractivity contribution >= 4 is 17.8 Å². The van der Waals surface area contributed by atoms with Gasteiger partial charge in [0.1, 0.15) is 6.54 Å². The van der Waals surface area contributed by atoms with Gasteiger partial charge in [0.05, 0.1) is 0 Å². The van der Waals surface area contributed by atoms with E-state index in [1.807, 2.05) is 13.8 Å². The first-order valence-electron chi connectivity index (χ1n) is 7.07. The van der Waals surface area contributed by atoms with E-state index in [0.29, 0.717) is 25.9 Å². The first-order chi connectivity index (χ1) is 9.32. The third-order valence-corrected chi connectivity index (χ3v) is 2.71. The molecule has 0 bridgehead atoms. The smallest absolute Gasteiger partial charge is 0.323 e. The molecule has 0 fully saturated rings. The molecular weight excluding hydrogens is 260 g/mol. The average molecular weight is 286 g/mol. The van der Waals surface area contributed by atoms with Crippen LogP contribution in [0.25, 0.3) is 0 Å². The second kappa shape index (κ2) is 10.2. The van der Waals surface area contributed by atoms with Gasteiger partial charge in [0.25, 0.3) is 0 Å². The molecule has 0 saturated heterocycles. The van der Waals surface area contributed by atoms with E-state index in [9.17, 15) is 14.4 Å². The third kappa shape index (κ3) is 10.3. The quantitative estimate of drug-likeness (QED) is 0.592. The fourth-order valence-electron chi connectivity index (χ4n) is 1.86. The highest BCUT2D eigenvalue weighted by Gasteiger charge is 2.17. The molecule has 0 aromatic rings. The minimum Gasteiger partial charge on any atom is -0.480 e. The number of hydrogen-bond acceptors (Lipinski definition) is 3. The van der Waals surface area contributed by atoms with Crippen LogP contribution in [0.15, 0.2) is 0 Å². The molecule has 0 spiro atoms. The van der Waals surface area contributed by atoms with Gasteiger partial charge in [-0.15, -0.1) is 0 Å². The van der Waals surface area contributed by atoms with Crippen LogP contribution in [-0.4, -0.2) is 47.4 Å². The van der Waals surface area contributed by atoms with Gasteiger partial charge in [-0.25, -0.2) is 0 Å². The van der Waals surface area contributed by atoms with Crippen LogP contribution in [0.1, 0.15) is 46.5 Å². The zero-order valence-electron chi connectivity index (χ0n) is 12.6. The number of carbonyl (C=O) groups is 3. The van der Waals surface area contributed by atoms with Crippen LogP contribution in [0, 0.1) is 5.92 Å². The number of carbonyl (C=O) groups excluding carboxylic acids is 2. The molecule has 0 rings (SSSR count). The lowest BCUT2D eigenvalue weighted by molar-refractivity contribution is -0.144. The number of carboxylic acids is 1. The maximum absolute atomic E-state index is 11.9. The van der Waals surface area contributed by atoms with E-state index in [1.54, 1.807) is 0 Å². The molecule has 116 valence electrons. The van der Waals surface area contributed by atoms with Crippen molar-refractivity contribution in [3.8, 4) is 0 Å². The monoisotopic (exact) mass is 286 g/mol. The second-order valence-corrected chi connectivity index (χ2v) is 5.36. The first-order valence-corrected chi connectivity index (χ1v) is 7.07. The molecular formula is C14H26N2O4. The molecule has 0 atom stereocenters. The third-order valence-electron chi connectivity index (χ3n) is 2.71. The highest BCUT2D eigenvalue weighted by Crippen LogP contribution is 2.06. The molecule has 0 aliphatic carbocycles. The highest BCUT2D eigenvalue weighted by atomic mass is 16.4. The van der Waals surface area contributed by atoms with E-state index in [0.717, 1.165) is 12.8 Å². The van der Waals surface area contributed by atoms with Crippen LogP contribution < -0.4 is 5.32 Å². The van der Waals surface area contributed by atoms with Crippen molar-refractivity contribution in [2.45, 2.75) is 46.5 Å². The Bertz CT molecular complexity index is 329. The van der Waals surface area contributed by atoms with Crippen LogP contribution >= 0.6 is 0 Å². The zero-order valence-corrected chi connectivity index (χ0v) is 12.6. The molecule has 2 N–H and O–H groups in total. The van der Waals surface area contributed by atoms with Crippen molar-refractivity contribution < 1.29 is 19.5 Å². The molecule has 0 aliphatic rings. The summed E-state index contributed by atoms with van der Waals surface area (Å²) in [6.45, 7) is 6.23. The Morgan fingerprint density at radius 1 is 1.15 bits per heavy atom. The van der Waals surface area contributed by atoms with Gasteiger partial charge in [-0.1, -0.05) is 20.3 Å². The van der Waals surface area contributed by atoms with E-state index in [2.05, 4.69) is 5.32 Å². The van der Waals surface area contributed by atoms with E-state index in [1.165, 1.54) is 11.8 Å². The van der Waals surface area contributed by atoms with Crippen molar-refractivity contribution in [1.82, 2.24) is 10.2 Å². The summed E-state index contributed by atoms with van der Waals surface area (Å²) in [4.78, 5) is 34.7. The van der Waals surface area contributed by atoms with Gasteiger partial charge in [-0.3, -0.25) is 14.4 Å². The summed E-state index contributed by atoms with van der Waals surface area (Å²) in [5.74, 6) is -0.894. The number of carboxylic acid groups (broad SMARTS) is 1. The van der Waals surface area contributed by atoms with Crippen molar-refractivity contribution in [3.05, 3.63) is 0 Å². The summed E-state index contributed by atoms with van der Waals surface area (Å²) in [5.41, 5.74) is 0. The number of aliphatic carboxylic acids is 1. The Balaban J connectivity index is 3.94. The summed E-state index contributed by atoms with van der Waals surface area (Å²) < 4.78 is 0. The topological polar surface area (TPSA) is 86.7 Å². The molecule has 0 aliphatic heterocycles. The van der Waals surface area contributed by atoms with E-state index in [-0.39, 0.29) is 24.3 Å². The number of nitrogens with one attached hydrogen (secondary N) is 1. The molecule has 0 aromatic carbocycles. The Labute approximate surface area is 120 Å². The minimum atomic E-state index is -0.982. The molecule has 0 unspecified atom stereocenters. The van der Waals surface area contributed by atoms with Crippen LogP contribution in [0.3, 0.4) is 0 Å². The number of nitrogens with zero attached hydrogens (tertiary/aromatic N) is 1. The summed E-state index contributed by atoms with van der Waals surface area (Å²) in [6, 6.07) is 0. The molecule has 6 heteroatoms. The largest absolute Gasteiger partial charge is 0.480 e. The molecule has 2 amide bonds. The van der Waals surface area contributed by atoms with Gasteiger partial charge in [0, 0.05) is 26.4 Å². The van der Waals surface area contributed by atoms with Gasteiger partial charge in [-0.05, 0) is 18.8 Å². The number of hydrogen-bond donors (Lipinski definition) is 2.